The summed E-state index contributed by atoms with van der Waals surface area (Å²) < 4.78 is 16.1. The maximum atomic E-state index is 5.36. The lowest BCUT2D eigenvalue weighted by Gasteiger charge is -2.06. The minimum absolute atomic E-state index is 0.637. The molecular formula is C13H27NO3. The van der Waals surface area contributed by atoms with Gasteiger partial charge in [-0.1, -0.05) is 19.4 Å². The molecule has 4 nitrogen and oxygen atoms in total. The molecule has 0 aliphatic carbocycles. The van der Waals surface area contributed by atoms with E-state index in [0.717, 1.165) is 26.1 Å². The van der Waals surface area contributed by atoms with Crippen LogP contribution >= 0.6 is 0 Å². The van der Waals surface area contributed by atoms with Crippen molar-refractivity contribution in [2.75, 3.05) is 52.7 Å². The summed E-state index contributed by atoms with van der Waals surface area (Å²) in [7, 11) is 0. The van der Waals surface area contributed by atoms with Gasteiger partial charge in [0, 0.05) is 19.7 Å². The third-order valence-corrected chi connectivity index (χ3v) is 2.10. The van der Waals surface area contributed by atoms with E-state index in [1.807, 2.05) is 6.08 Å². The first-order valence-electron chi connectivity index (χ1n) is 6.46. The summed E-state index contributed by atoms with van der Waals surface area (Å²) in [5.41, 5.74) is 0. The van der Waals surface area contributed by atoms with Crippen molar-refractivity contribution in [2.24, 2.45) is 0 Å². The smallest absolute Gasteiger partial charge is 0.0701 e. The number of nitrogens with one attached hydrogen (secondary N) is 1. The van der Waals surface area contributed by atoms with Crippen LogP contribution < -0.4 is 5.32 Å². The molecule has 0 aliphatic heterocycles. The van der Waals surface area contributed by atoms with E-state index in [-0.39, 0.29) is 0 Å². The van der Waals surface area contributed by atoms with Crippen LogP contribution in [0.4, 0.5) is 0 Å². The molecule has 0 radical (unpaired) electrons. The molecular weight excluding hydrogens is 218 g/mol. The molecule has 0 atom stereocenters. The monoisotopic (exact) mass is 245 g/mol. The van der Waals surface area contributed by atoms with Gasteiger partial charge in [-0.2, -0.15) is 0 Å². The van der Waals surface area contributed by atoms with Crippen LogP contribution in [0.15, 0.2) is 12.7 Å². The van der Waals surface area contributed by atoms with E-state index >= 15 is 0 Å². The van der Waals surface area contributed by atoms with Crippen molar-refractivity contribution >= 4 is 0 Å². The van der Waals surface area contributed by atoms with Gasteiger partial charge in [-0.05, 0) is 6.42 Å². The van der Waals surface area contributed by atoms with Gasteiger partial charge in [-0.25, -0.2) is 0 Å². The Morgan fingerprint density at radius 1 is 0.941 bits per heavy atom. The van der Waals surface area contributed by atoms with Crippen molar-refractivity contribution in [3.05, 3.63) is 12.7 Å². The molecule has 17 heavy (non-hydrogen) atoms. The standard InChI is InChI=1S/C13H27NO3/c1-3-5-8-15-10-12-17-13-11-16-9-7-14-6-4-2/h4,14H,2-3,5-13H2,1H3. The first-order chi connectivity index (χ1) is 8.41. The third-order valence-electron chi connectivity index (χ3n) is 2.10. The molecule has 4 heteroatoms. The van der Waals surface area contributed by atoms with Crippen molar-refractivity contribution in [3.8, 4) is 0 Å². The second-order valence-corrected chi connectivity index (χ2v) is 3.68. The minimum atomic E-state index is 0.637. The van der Waals surface area contributed by atoms with E-state index in [1.54, 1.807) is 0 Å². The maximum Gasteiger partial charge on any atom is 0.0701 e. The lowest BCUT2D eigenvalue weighted by molar-refractivity contribution is 0.0147. The van der Waals surface area contributed by atoms with E-state index < -0.39 is 0 Å². The maximum absolute atomic E-state index is 5.36. The fourth-order valence-corrected chi connectivity index (χ4v) is 1.14. The average molecular weight is 245 g/mol. The molecule has 0 aromatic rings. The van der Waals surface area contributed by atoms with Crippen molar-refractivity contribution in [2.45, 2.75) is 19.8 Å². The van der Waals surface area contributed by atoms with Gasteiger partial charge >= 0.3 is 0 Å². The fraction of sp³-hybridized carbons (Fsp3) is 0.846. The Morgan fingerprint density at radius 2 is 1.53 bits per heavy atom. The fourth-order valence-electron chi connectivity index (χ4n) is 1.14. The molecule has 0 rings (SSSR count). The predicted molar refractivity (Wildman–Crippen MR) is 70.4 cm³/mol. The number of hydrogen-bond acceptors (Lipinski definition) is 4. The molecule has 0 unspecified atom stereocenters. The van der Waals surface area contributed by atoms with Gasteiger partial charge < -0.3 is 19.5 Å². The highest BCUT2D eigenvalue weighted by atomic mass is 16.5. The molecule has 0 bridgehead atoms. The van der Waals surface area contributed by atoms with Crippen LogP contribution in [0, 0.1) is 0 Å². The Balaban J connectivity index is 2.87. The highest BCUT2D eigenvalue weighted by Crippen LogP contribution is 1.87. The van der Waals surface area contributed by atoms with E-state index in [9.17, 15) is 0 Å². The van der Waals surface area contributed by atoms with Crippen LogP contribution in [0.25, 0.3) is 0 Å². The van der Waals surface area contributed by atoms with Crippen LogP contribution in [0.5, 0.6) is 0 Å². The normalized spacial score (nSPS) is 10.6. The topological polar surface area (TPSA) is 39.7 Å². The largest absolute Gasteiger partial charge is 0.379 e. The molecule has 0 aromatic heterocycles. The van der Waals surface area contributed by atoms with Crippen LogP contribution in [-0.4, -0.2) is 52.7 Å². The van der Waals surface area contributed by atoms with Gasteiger partial charge in [0.2, 0.25) is 0 Å². The predicted octanol–water partition coefficient (Wildman–Crippen LogP) is 1.61. The third kappa shape index (κ3) is 15.6. The van der Waals surface area contributed by atoms with Gasteiger partial charge in [0.05, 0.1) is 33.0 Å². The Hall–Kier alpha value is -0.420. The van der Waals surface area contributed by atoms with Gasteiger partial charge in [-0.3, -0.25) is 0 Å². The van der Waals surface area contributed by atoms with Crippen molar-refractivity contribution in [1.82, 2.24) is 5.32 Å². The average Bonchev–Trinajstić information content (AvgIpc) is 2.35. The number of rotatable bonds is 14. The summed E-state index contributed by atoms with van der Waals surface area (Å²) in [6.07, 6.45) is 4.14. The van der Waals surface area contributed by atoms with Gasteiger partial charge in [0.25, 0.3) is 0 Å². The lowest BCUT2D eigenvalue weighted by atomic mass is 10.4. The summed E-state index contributed by atoms with van der Waals surface area (Å²) in [4.78, 5) is 0. The summed E-state index contributed by atoms with van der Waals surface area (Å²) in [5, 5.41) is 3.16. The molecule has 0 aromatic carbocycles. The Bertz CT molecular complexity index is 154. The molecule has 0 saturated carbocycles. The highest BCUT2D eigenvalue weighted by molar-refractivity contribution is 4.68. The van der Waals surface area contributed by atoms with Crippen molar-refractivity contribution in [3.63, 3.8) is 0 Å². The SMILES string of the molecule is C=CCNCCOCCOCCOCCCC. The van der Waals surface area contributed by atoms with E-state index in [1.165, 1.54) is 6.42 Å². The Kier molecular flexibility index (Phi) is 15.2. The molecule has 0 fully saturated rings. The molecule has 0 amide bonds. The quantitative estimate of drug-likeness (QED) is 0.373. The minimum Gasteiger partial charge on any atom is -0.379 e. The van der Waals surface area contributed by atoms with Crippen LogP contribution in [0.2, 0.25) is 0 Å². The molecule has 0 aliphatic rings. The zero-order valence-electron chi connectivity index (χ0n) is 11.1. The molecule has 0 spiro atoms. The second-order valence-electron chi connectivity index (χ2n) is 3.68. The zero-order chi connectivity index (χ0) is 12.6. The summed E-state index contributed by atoms with van der Waals surface area (Å²) >= 11 is 0. The molecule has 1 N–H and O–H groups in total. The van der Waals surface area contributed by atoms with E-state index in [0.29, 0.717) is 33.0 Å². The zero-order valence-corrected chi connectivity index (χ0v) is 11.1. The number of hydrogen-bond donors (Lipinski definition) is 1. The molecule has 0 heterocycles. The summed E-state index contributed by atoms with van der Waals surface area (Å²) in [6.45, 7) is 11.6. The highest BCUT2D eigenvalue weighted by Gasteiger charge is 1.91. The van der Waals surface area contributed by atoms with Crippen molar-refractivity contribution in [1.29, 1.82) is 0 Å². The Morgan fingerprint density at radius 3 is 2.12 bits per heavy atom. The van der Waals surface area contributed by atoms with Gasteiger partial charge in [-0.15, -0.1) is 6.58 Å². The van der Waals surface area contributed by atoms with Gasteiger partial charge in [0.15, 0.2) is 0 Å². The number of unbranched alkanes of at least 4 members (excludes halogenated alkanes) is 1. The van der Waals surface area contributed by atoms with Crippen LogP contribution in [-0.2, 0) is 14.2 Å². The summed E-state index contributed by atoms with van der Waals surface area (Å²) in [5.74, 6) is 0. The number of ether oxygens (including phenoxy) is 3. The lowest BCUT2D eigenvalue weighted by Crippen LogP contribution is -2.20. The second kappa shape index (κ2) is 15.6. The van der Waals surface area contributed by atoms with Gasteiger partial charge in [0.1, 0.15) is 0 Å². The Labute approximate surface area is 105 Å². The first-order valence-corrected chi connectivity index (χ1v) is 6.46. The van der Waals surface area contributed by atoms with Crippen LogP contribution in [0.1, 0.15) is 19.8 Å². The molecule has 0 saturated heterocycles. The van der Waals surface area contributed by atoms with E-state index in [2.05, 4.69) is 18.8 Å². The summed E-state index contributed by atoms with van der Waals surface area (Å²) in [6, 6.07) is 0. The first kappa shape index (κ1) is 16.6. The van der Waals surface area contributed by atoms with Crippen LogP contribution in [0.3, 0.4) is 0 Å². The molecule has 102 valence electrons. The van der Waals surface area contributed by atoms with E-state index in [4.69, 9.17) is 14.2 Å². The van der Waals surface area contributed by atoms with Crippen molar-refractivity contribution < 1.29 is 14.2 Å².